The summed E-state index contributed by atoms with van der Waals surface area (Å²) in [6, 6.07) is 5.78. The molecule has 1 aromatic heterocycles. The van der Waals surface area contributed by atoms with Gasteiger partial charge in [-0.3, -0.25) is 0 Å². The van der Waals surface area contributed by atoms with Gasteiger partial charge in [0.15, 0.2) is 5.82 Å². The second-order valence-electron chi connectivity index (χ2n) is 5.31. The van der Waals surface area contributed by atoms with Crippen molar-refractivity contribution in [2.24, 2.45) is 0 Å². The number of rotatable bonds is 2. The van der Waals surface area contributed by atoms with Crippen molar-refractivity contribution in [2.45, 2.75) is 44.9 Å². The Morgan fingerprint density at radius 2 is 2.00 bits per heavy atom. The standard InChI is InChI=1S/C15H19N3O/c1-10-12(8-5-9-13(10)16)15-17-14(18-19-15)11-6-3-2-4-7-11/h5,8-9,11H,2-4,6-7,16H2,1H3. The molecule has 1 aliphatic rings. The average Bonchev–Trinajstić information content (AvgIpc) is 2.92. The first-order valence-electron chi connectivity index (χ1n) is 6.95. The minimum absolute atomic E-state index is 0.465. The van der Waals surface area contributed by atoms with Crippen molar-refractivity contribution in [2.75, 3.05) is 5.73 Å². The van der Waals surface area contributed by atoms with Crippen LogP contribution in [0.2, 0.25) is 0 Å². The molecule has 4 heteroatoms. The van der Waals surface area contributed by atoms with Gasteiger partial charge in [0, 0.05) is 17.2 Å². The summed E-state index contributed by atoms with van der Waals surface area (Å²) in [5.74, 6) is 1.91. The number of aromatic nitrogens is 2. The van der Waals surface area contributed by atoms with Crippen molar-refractivity contribution in [1.82, 2.24) is 10.1 Å². The molecule has 4 nitrogen and oxygen atoms in total. The first-order chi connectivity index (χ1) is 9.25. The van der Waals surface area contributed by atoms with Crippen LogP contribution in [0.25, 0.3) is 11.5 Å². The number of hydrogen-bond donors (Lipinski definition) is 1. The molecule has 0 amide bonds. The van der Waals surface area contributed by atoms with Gasteiger partial charge in [-0.1, -0.05) is 30.5 Å². The van der Waals surface area contributed by atoms with Crippen molar-refractivity contribution < 1.29 is 4.52 Å². The zero-order valence-corrected chi connectivity index (χ0v) is 11.2. The van der Waals surface area contributed by atoms with Gasteiger partial charge in [-0.2, -0.15) is 4.98 Å². The fourth-order valence-corrected chi connectivity index (χ4v) is 2.76. The van der Waals surface area contributed by atoms with Gasteiger partial charge < -0.3 is 10.3 Å². The molecule has 0 radical (unpaired) electrons. The van der Waals surface area contributed by atoms with Crippen LogP contribution >= 0.6 is 0 Å². The second kappa shape index (κ2) is 5.03. The highest BCUT2D eigenvalue weighted by molar-refractivity contribution is 5.66. The van der Waals surface area contributed by atoms with Crippen LogP contribution in [0.4, 0.5) is 5.69 Å². The zero-order valence-electron chi connectivity index (χ0n) is 11.2. The molecule has 1 aromatic carbocycles. The molecule has 0 saturated heterocycles. The van der Waals surface area contributed by atoms with E-state index >= 15 is 0 Å². The summed E-state index contributed by atoms with van der Waals surface area (Å²) in [5, 5.41) is 4.16. The topological polar surface area (TPSA) is 64.9 Å². The molecule has 3 rings (SSSR count). The number of nitrogens with two attached hydrogens (primary N) is 1. The molecule has 1 fully saturated rings. The van der Waals surface area contributed by atoms with Crippen LogP contribution in [0.15, 0.2) is 22.7 Å². The molecule has 0 aliphatic heterocycles. The number of anilines is 1. The molecule has 0 bridgehead atoms. The fraction of sp³-hybridized carbons (Fsp3) is 0.467. The van der Waals surface area contributed by atoms with Crippen molar-refractivity contribution >= 4 is 5.69 Å². The second-order valence-corrected chi connectivity index (χ2v) is 5.31. The minimum Gasteiger partial charge on any atom is -0.398 e. The number of nitrogens with zero attached hydrogens (tertiary/aromatic N) is 2. The Morgan fingerprint density at radius 1 is 1.21 bits per heavy atom. The van der Waals surface area contributed by atoms with Gasteiger partial charge in [-0.25, -0.2) is 0 Å². The number of nitrogen functional groups attached to an aromatic ring is 1. The molecule has 2 aromatic rings. The van der Waals surface area contributed by atoms with E-state index in [1.807, 2.05) is 25.1 Å². The Hall–Kier alpha value is -1.84. The summed E-state index contributed by atoms with van der Waals surface area (Å²) in [6.45, 7) is 1.98. The maximum absolute atomic E-state index is 5.92. The molecular weight excluding hydrogens is 238 g/mol. The third kappa shape index (κ3) is 2.35. The molecular formula is C15H19N3O. The van der Waals surface area contributed by atoms with Crippen LogP contribution in [0.3, 0.4) is 0 Å². The van der Waals surface area contributed by atoms with E-state index in [2.05, 4.69) is 10.1 Å². The van der Waals surface area contributed by atoms with Gasteiger partial charge in [0.1, 0.15) is 0 Å². The third-order valence-corrected chi connectivity index (χ3v) is 4.02. The summed E-state index contributed by atoms with van der Waals surface area (Å²) >= 11 is 0. The molecule has 1 saturated carbocycles. The summed E-state index contributed by atoms with van der Waals surface area (Å²) in [7, 11) is 0. The Kier molecular flexibility index (Phi) is 3.23. The maximum atomic E-state index is 5.92. The van der Waals surface area contributed by atoms with E-state index in [-0.39, 0.29) is 0 Å². The Balaban J connectivity index is 1.90. The van der Waals surface area contributed by atoms with Crippen molar-refractivity contribution in [1.29, 1.82) is 0 Å². The average molecular weight is 257 g/mol. The molecule has 2 N–H and O–H groups in total. The lowest BCUT2D eigenvalue weighted by atomic mass is 9.89. The van der Waals surface area contributed by atoms with E-state index < -0.39 is 0 Å². The molecule has 1 aliphatic carbocycles. The molecule has 100 valence electrons. The quantitative estimate of drug-likeness (QED) is 0.833. The Morgan fingerprint density at radius 3 is 2.79 bits per heavy atom. The van der Waals surface area contributed by atoms with E-state index in [9.17, 15) is 0 Å². The highest BCUT2D eigenvalue weighted by Gasteiger charge is 2.21. The lowest BCUT2D eigenvalue weighted by Gasteiger charge is -2.17. The molecule has 1 heterocycles. The smallest absolute Gasteiger partial charge is 0.258 e. The van der Waals surface area contributed by atoms with Gasteiger partial charge in [0.05, 0.1) is 0 Å². The van der Waals surface area contributed by atoms with Crippen LogP contribution in [0, 0.1) is 6.92 Å². The van der Waals surface area contributed by atoms with Crippen molar-refractivity contribution in [3.8, 4) is 11.5 Å². The predicted molar refractivity (Wildman–Crippen MR) is 74.7 cm³/mol. The molecule has 0 spiro atoms. The Labute approximate surface area is 113 Å². The molecule has 19 heavy (non-hydrogen) atoms. The van der Waals surface area contributed by atoms with Crippen molar-refractivity contribution in [3.63, 3.8) is 0 Å². The van der Waals surface area contributed by atoms with E-state index in [1.54, 1.807) is 0 Å². The van der Waals surface area contributed by atoms with Crippen LogP contribution in [-0.4, -0.2) is 10.1 Å². The highest BCUT2D eigenvalue weighted by Crippen LogP contribution is 2.33. The summed E-state index contributed by atoms with van der Waals surface area (Å²) in [5.41, 5.74) is 8.62. The summed E-state index contributed by atoms with van der Waals surface area (Å²) in [4.78, 5) is 4.57. The van der Waals surface area contributed by atoms with E-state index in [0.29, 0.717) is 11.8 Å². The minimum atomic E-state index is 0.465. The van der Waals surface area contributed by atoms with Crippen LogP contribution < -0.4 is 5.73 Å². The van der Waals surface area contributed by atoms with Gasteiger partial charge in [0.2, 0.25) is 0 Å². The zero-order chi connectivity index (χ0) is 13.2. The SMILES string of the molecule is Cc1c(N)cccc1-c1nc(C2CCCCC2)no1. The summed E-state index contributed by atoms with van der Waals surface area (Å²) in [6.07, 6.45) is 6.22. The first-order valence-corrected chi connectivity index (χ1v) is 6.95. The van der Waals surface area contributed by atoms with Gasteiger partial charge in [-0.05, 0) is 37.5 Å². The van der Waals surface area contributed by atoms with E-state index in [1.165, 1.54) is 32.1 Å². The van der Waals surface area contributed by atoms with Gasteiger partial charge in [0.25, 0.3) is 5.89 Å². The maximum Gasteiger partial charge on any atom is 0.258 e. The first kappa shape index (κ1) is 12.2. The van der Waals surface area contributed by atoms with E-state index in [4.69, 9.17) is 10.3 Å². The van der Waals surface area contributed by atoms with Crippen LogP contribution in [0.1, 0.15) is 49.4 Å². The van der Waals surface area contributed by atoms with Crippen LogP contribution in [0.5, 0.6) is 0 Å². The highest BCUT2D eigenvalue weighted by atomic mass is 16.5. The third-order valence-electron chi connectivity index (χ3n) is 4.02. The molecule has 0 atom stereocenters. The van der Waals surface area contributed by atoms with E-state index in [0.717, 1.165) is 22.6 Å². The Bertz CT molecular complexity index is 571. The van der Waals surface area contributed by atoms with Crippen LogP contribution in [-0.2, 0) is 0 Å². The monoisotopic (exact) mass is 257 g/mol. The summed E-state index contributed by atoms with van der Waals surface area (Å²) < 4.78 is 5.42. The van der Waals surface area contributed by atoms with Crippen molar-refractivity contribution in [3.05, 3.63) is 29.6 Å². The van der Waals surface area contributed by atoms with Gasteiger partial charge >= 0.3 is 0 Å². The normalized spacial score (nSPS) is 16.7. The number of hydrogen-bond acceptors (Lipinski definition) is 4. The molecule has 0 unspecified atom stereocenters. The number of benzene rings is 1. The van der Waals surface area contributed by atoms with Gasteiger partial charge in [-0.15, -0.1) is 0 Å². The lowest BCUT2D eigenvalue weighted by Crippen LogP contribution is -2.06. The predicted octanol–water partition coefficient (Wildman–Crippen LogP) is 3.67. The largest absolute Gasteiger partial charge is 0.398 e. The lowest BCUT2D eigenvalue weighted by molar-refractivity contribution is 0.385. The fourth-order valence-electron chi connectivity index (χ4n) is 2.76.